The van der Waals surface area contributed by atoms with E-state index in [1.54, 1.807) is 6.92 Å². The van der Waals surface area contributed by atoms with Crippen LogP contribution in [-0.2, 0) is 31.6 Å². The van der Waals surface area contributed by atoms with Gasteiger partial charge in [-0.15, -0.1) is 0 Å². The van der Waals surface area contributed by atoms with Crippen LogP contribution < -0.4 is 9.62 Å². The van der Waals surface area contributed by atoms with E-state index in [-0.39, 0.29) is 30.5 Å². The predicted octanol–water partition coefficient (Wildman–Crippen LogP) is 6.16. The van der Waals surface area contributed by atoms with Crippen molar-refractivity contribution < 1.29 is 18.0 Å². The third-order valence-electron chi connectivity index (χ3n) is 10.6. The summed E-state index contributed by atoms with van der Waals surface area (Å²) in [4.78, 5) is 28.8. The first-order chi connectivity index (χ1) is 20.5. The first-order valence-electron chi connectivity index (χ1n) is 15.9. The highest BCUT2D eigenvalue weighted by Crippen LogP contribution is 2.60. The van der Waals surface area contributed by atoms with Gasteiger partial charge in [-0.1, -0.05) is 53.0 Å². The number of hydrogen-bond donors (Lipinski definition) is 1. The molecule has 7 nitrogen and oxygen atoms in total. The largest absolute Gasteiger partial charge is 0.352 e. The number of anilines is 1. The van der Waals surface area contributed by atoms with Gasteiger partial charge in [0, 0.05) is 17.1 Å². The fourth-order valence-electron chi connectivity index (χ4n) is 8.82. The summed E-state index contributed by atoms with van der Waals surface area (Å²) in [5, 5.41) is 3.11. The van der Waals surface area contributed by atoms with Crippen LogP contribution in [0.2, 0.25) is 0 Å². The highest BCUT2D eigenvalue weighted by molar-refractivity contribution is 9.10. The first kappa shape index (κ1) is 30.6. The Labute approximate surface area is 265 Å². The van der Waals surface area contributed by atoms with Crippen molar-refractivity contribution in [3.63, 3.8) is 0 Å². The van der Waals surface area contributed by atoms with Gasteiger partial charge < -0.3 is 10.2 Å². The van der Waals surface area contributed by atoms with Gasteiger partial charge in [0.2, 0.25) is 21.8 Å². The van der Waals surface area contributed by atoms with Crippen LogP contribution >= 0.6 is 15.9 Å². The van der Waals surface area contributed by atoms with Gasteiger partial charge in [-0.2, -0.15) is 0 Å². The molecule has 7 rings (SSSR count). The van der Waals surface area contributed by atoms with E-state index < -0.39 is 22.0 Å². The Morgan fingerprint density at radius 2 is 1.49 bits per heavy atom. The second-order valence-corrected chi connectivity index (χ2v) is 16.7. The second kappa shape index (κ2) is 12.2. The summed E-state index contributed by atoms with van der Waals surface area (Å²) in [6, 6.07) is 14.9. The Hall–Kier alpha value is -2.39. The Morgan fingerprint density at radius 1 is 0.930 bits per heavy atom. The van der Waals surface area contributed by atoms with Gasteiger partial charge in [-0.25, -0.2) is 8.42 Å². The van der Waals surface area contributed by atoms with E-state index in [1.165, 1.54) is 53.3 Å². The Kier molecular flexibility index (Phi) is 8.68. The molecule has 2 aromatic rings. The van der Waals surface area contributed by atoms with Crippen molar-refractivity contribution in [2.45, 2.75) is 95.2 Å². The molecule has 5 aliphatic carbocycles. The molecule has 1 atom stereocenters. The molecule has 0 heterocycles. The van der Waals surface area contributed by atoms with Gasteiger partial charge in [0.15, 0.2) is 0 Å². The summed E-state index contributed by atoms with van der Waals surface area (Å²) >= 11 is 3.45. The molecule has 232 valence electrons. The van der Waals surface area contributed by atoms with Gasteiger partial charge in [0.05, 0.1) is 11.9 Å². The topological polar surface area (TPSA) is 86.8 Å². The van der Waals surface area contributed by atoms with Crippen LogP contribution in [0.1, 0.15) is 82.3 Å². The molecule has 0 unspecified atom stereocenters. The third-order valence-corrected chi connectivity index (χ3v) is 12.3. The smallest absolute Gasteiger partial charge is 0.244 e. The fourth-order valence-corrected chi connectivity index (χ4v) is 9.93. The van der Waals surface area contributed by atoms with Crippen LogP contribution in [0.15, 0.2) is 53.0 Å². The normalized spacial score (nSPS) is 27.2. The van der Waals surface area contributed by atoms with Crippen molar-refractivity contribution >= 4 is 43.5 Å². The molecule has 0 radical (unpaired) electrons. The molecule has 0 saturated heterocycles. The molecule has 9 heteroatoms. The van der Waals surface area contributed by atoms with Gasteiger partial charge in [-0.3, -0.25) is 13.9 Å². The zero-order valence-electron chi connectivity index (χ0n) is 25.3. The van der Waals surface area contributed by atoms with E-state index in [1.807, 2.05) is 36.4 Å². The van der Waals surface area contributed by atoms with Crippen LogP contribution in [-0.4, -0.2) is 50.0 Å². The lowest BCUT2D eigenvalue weighted by Crippen LogP contribution is -2.52. The minimum Gasteiger partial charge on any atom is -0.352 e. The molecule has 0 aliphatic heterocycles. The molecular weight excluding hydrogens is 626 g/mol. The average molecular weight is 671 g/mol. The average Bonchev–Trinajstić information content (AvgIpc) is 3.47. The van der Waals surface area contributed by atoms with Crippen LogP contribution in [0.5, 0.6) is 0 Å². The second-order valence-electron chi connectivity index (χ2n) is 13.8. The maximum absolute atomic E-state index is 14.0. The number of nitrogens with one attached hydrogen (secondary N) is 1. The van der Waals surface area contributed by atoms with Crippen molar-refractivity contribution in [1.82, 2.24) is 10.2 Å². The van der Waals surface area contributed by atoms with Gasteiger partial charge >= 0.3 is 0 Å². The highest BCUT2D eigenvalue weighted by atomic mass is 79.9. The molecule has 5 aliphatic rings. The highest BCUT2D eigenvalue weighted by Gasteiger charge is 2.51. The molecular formula is C34H44BrN3O4S. The lowest BCUT2D eigenvalue weighted by Gasteiger charge is -2.57. The van der Waals surface area contributed by atoms with Gasteiger partial charge in [0.25, 0.3) is 0 Å². The van der Waals surface area contributed by atoms with E-state index >= 15 is 0 Å². The summed E-state index contributed by atoms with van der Waals surface area (Å²) in [5.41, 5.74) is 2.87. The number of sulfonamides is 1. The summed E-state index contributed by atoms with van der Waals surface area (Å²) in [5.74, 6) is 1.85. The number of carbonyl (C=O) groups excluding carboxylic acids is 2. The van der Waals surface area contributed by atoms with E-state index in [0.29, 0.717) is 5.69 Å². The van der Waals surface area contributed by atoms with E-state index in [9.17, 15) is 18.0 Å². The number of nitrogens with zero attached hydrogens (tertiary/aromatic N) is 2. The van der Waals surface area contributed by atoms with Gasteiger partial charge in [0.1, 0.15) is 12.6 Å². The first-order valence-corrected chi connectivity index (χ1v) is 18.6. The van der Waals surface area contributed by atoms with Crippen LogP contribution in [0.3, 0.4) is 0 Å². The maximum atomic E-state index is 14.0. The lowest BCUT2D eigenvalue weighted by atomic mass is 9.48. The molecule has 5 saturated carbocycles. The molecule has 5 fully saturated rings. The minimum atomic E-state index is -3.77. The molecule has 4 bridgehead atoms. The molecule has 0 aromatic heterocycles. The van der Waals surface area contributed by atoms with Crippen molar-refractivity contribution in [2.24, 2.45) is 17.8 Å². The van der Waals surface area contributed by atoms with Crippen molar-refractivity contribution in [2.75, 3.05) is 17.1 Å². The third kappa shape index (κ3) is 6.68. The zero-order valence-corrected chi connectivity index (χ0v) is 27.7. The SMILES string of the molecule is C[C@@H](C(=O)NC1CCCC1)N(Cc1ccc(Br)cc1)C(=O)CN(c1ccc(C23CC4CC(CC(C4)C2)C3)cc1)S(C)(=O)=O. The minimum absolute atomic E-state index is 0.125. The molecule has 1 N–H and O–H groups in total. The summed E-state index contributed by atoms with van der Waals surface area (Å²) in [6.45, 7) is 1.56. The number of carbonyl (C=O) groups is 2. The number of benzene rings is 2. The van der Waals surface area contributed by atoms with Crippen molar-refractivity contribution in [3.05, 3.63) is 64.1 Å². The quantitative estimate of drug-likeness (QED) is 0.328. The van der Waals surface area contributed by atoms with Crippen molar-refractivity contribution in [1.29, 1.82) is 0 Å². The standard InChI is InChI=1S/C34H44BrN3O4S/c1-23(33(40)36-30-5-3-4-6-30)37(21-24-7-11-29(35)12-8-24)32(39)22-38(43(2,41)42)31-13-9-28(10-14-31)34-18-25-15-26(19-34)17-27(16-25)20-34/h7-14,23,25-27,30H,3-6,15-22H2,1-2H3,(H,36,40)/t23-,25?,26?,27?,34?/m0/s1. The fraction of sp³-hybridized carbons (Fsp3) is 0.588. The summed E-state index contributed by atoms with van der Waals surface area (Å²) in [7, 11) is -3.77. The zero-order chi connectivity index (χ0) is 30.4. The van der Waals surface area contributed by atoms with Crippen LogP contribution in [0.25, 0.3) is 0 Å². The monoisotopic (exact) mass is 669 g/mol. The lowest BCUT2D eigenvalue weighted by molar-refractivity contribution is -0.139. The van der Waals surface area contributed by atoms with Gasteiger partial charge in [-0.05, 0) is 117 Å². The van der Waals surface area contributed by atoms with Crippen LogP contribution in [0.4, 0.5) is 5.69 Å². The Morgan fingerprint density at radius 3 is 2.02 bits per heavy atom. The predicted molar refractivity (Wildman–Crippen MR) is 173 cm³/mol. The van der Waals surface area contributed by atoms with Crippen LogP contribution in [0, 0.1) is 17.8 Å². The Balaban J connectivity index is 1.22. The summed E-state index contributed by atoms with van der Waals surface area (Å²) in [6.07, 6.45) is 13.0. The number of amides is 2. The summed E-state index contributed by atoms with van der Waals surface area (Å²) < 4.78 is 28.3. The Bertz CT molecular complexity index is 1400. The maximum Gasteiger partial charge on any atom is 0.244 e. The molecule has 0 spiro atoms. The molecule has 2 aromatic carbocycles. The number of rotatable bonds is 10. The number of hydrogen-bond acceptors (Lipinski definition) is 4. The molecule has 43 heavy (non-hydrogen) atoms. The van der Waals surface area contributed by atoms with E-state index in [4.69, 9.17) is 0 Å². The number of halogens is 1. The van der Waals surface area contributed by atoms with E-state index in [0.717, 1.165) is 59.7 Å². The van der Waals surface area contributed by atoms with Crippen molar-refractivity contribution in [3.8, 4) is 0 Å². The molecule has 2 amide bonds. The van der Waals surface area contributed by atoms with E-state index in [2.05, 4.69) is 33.4 Å².